The number of anilines is 2. The number of pyridine rings is 1. The van der Waals surface area contributed by atoms with Gasteiger partial charge in [-0.3, -0.25) is 14.6 Å². The summed E-state index contributed by atoms with van der Waals surface area (Å²) < 4.78 is 33.8. The average Bonchev–Trinajstić information content (AvgIpc) is 3.40. The van der Waals surface area contributed by atoms with E-state index in [9.17, 15) is 8.42 Å². The van der Waals surface area contributed by atoms with Crippen molar-refractivity contribution in [3.63, 3.8) is 0 Å². The van der Waals surface area contributed by atoms with Gasteiger partial charge in [0.15, 0.2) is 5.11 Å². The van der Waals surface area contributed by atoms with E-state index >= 15 is 0 Å². The first-order chi connectivity index (χ1) is 18.7. The molecule has 2 aliphatic rings. The van der Waals surface area contributed by atoms with E-state index in [1.54, 1.807) is 18.3 Å². The lowest BCUT2D eigenvalue weighted by Crippen LogP contribution is -2.37. The van der Waals surface area contributed by atoms with Crippen molar-refractivity contribution in [1.82, 2.24) is 19.8 Å². The van der Waals surface area contributed by atoms with Gasteiger partial charge in [-0.15, -0.1) is 0 Å². The highest BCUT2D eigenvalue weighted by molar-refractivity contribution is 7.92. The van der Waals surface area contributed by atoms with Crippen molar-refractivity contribution in [2.24, 2.45) is 0 Å². The number of thiocarbonyl (C=S) groups is 1. The molecule has 0 amide bonds. The third-order valence-electron chi connectivity index (χ3n) is 7.44. The van der Waals surface area contributed by atoms with Gasteiger partial charge in [0.2, 0.25) is 10.0 Å². The smallest absolute Gasteiger partial charge is 0.229 e. The summed E-state index contributed by atoms with van der Waals surface area (Å²) in [4.78, 5) is 9.26. The topological polar surface area (TPSA) is 91.7 Å². The Morgan fingerprint density at radius 3 is 2.51 bits per heavy atom. The largest absolute Gasteiger partial charge is 0.379 e. The van der Waals surface area contributed by atoms with E-state index in [2.05, 4.69) is 49.3 Å². The summed E-state index contributed by atoms with van der Waals surface area (Å²) in [5.41, 5.74) is 5.93. The Kier molecular flexibility index (Phi) is 8.22. The molecule has 5 rings (SSSR count). The van der Waals surface area contributed by atoms with Crippen molar-refractivity contribution < 1.29 is 13.2 Å². The molecule has 0 aliphatic carbocycles. The highest BCUT2D eigenvalue weighted by atomic mass is 32.2. The maximum Gasteiger partial charge on any atom is 0.229 e. The molecule has 0 bridgehead atoms. The molecule has 2 saturated heterocycles. The summed E-state index contributed by atoms with van der Waals surface area (Å²) in [6.07, 6.45) is 4.02. The van der Waals surface area contributed by atoms with Crippen LogP contribution in [-0.2, 0) is 21.3 Å². The van der Waals surface area contributed by atoms with Gasteiger partial charge in [0.05, 0.1) is 37.2 Å². The lowest BCUT2D eigenvalue weighted by molar-refractivity contribution is 0.0369. The number of ether oxygens (including phenoxy) is 1. The molecule has 2 atom stereocenters. The van der Waals surface area contributed by atoms with Gasteiger partial charge in [-0.1, -0.05) is 6.07 Å². The molecule has 39 heavy (non-hydrogen) atoms. The first-order valence-corrected chi connectivity index (χ1v) is 15.6. The highest BCUT2D eigenvalue weighted by Crippen LogP contribution is 2.43. The lowest BCUT2D eigenvalue weighted by Gasteiger charge is -2.28. The first kappa shape index (κ1) is 27.6. The lowest BCUT2D eigenvalue weighted by atomic mass is 9.96. The van der Waals surface area contributed by atoms with Gasteiger partial charge in [0, 0.05) is 55.1 Å². The summed E-state index contributed by atoms with van der Waals surface area (Å²) in [7, 11) is -3.36. The third-order valence-corrected chi connectivity index (χ3v) is 8.36. The van der Waals surface area contributed by atoms with Crippen LogP contribution >= 0.6 is 12.2 Å². The predicted molar refractivity (Wildman–Crippen MR) is 159 cm³/mol. The molecule has 2 N–H and O–H groups in total. The number of aromatic nitrogens is 2. The fourth-order valence-electron chi connectivity index (χ4n) is 5.60. The Morgan fingerprint density at radius 2 is 1.85 bits per heavy atom. The molecule has 2 fully saturated rings. The summed E-state index contributed by atoms with van der Waals surface area (Å²) in [6, 6.07) is 15.3. The number of nitrogens with one attached hydrogen (secondary N) is 2. The minimum absolute atomic E-state index is 0.125. The number of hydrogen-bond donors (Lipinski definition) is 2. The van der Waals surface area contributed by atoms with E-state index in [1.165, 1.54) is 17.0 Å². The fraction of sp³-hybridized carbons (Fsp3) is 0.429. The molecule has 0 spiro atoms. The van der Waals surface area contributed by atoms with Crippen molar-refractivity contribution in [1.29, 1.82) is 0 Å². The van der Waals surface area contributed by atoms with Crippen LogP contribution in [0.1, 0.15) is 41.1 Å². The van der Waals surface area contributed by atoms with Crippen molar-refractivity contribution in [2.45, 2.75) is 38.9 Å². The molecular weight excluding hydrogens is 532 g/mol. The minimum atomic E-state index is -3.36. The van der Waals surface area contributed by atoms with Crippen molar-refractivity contribution in [2.75, 3.05) is 48.7 Å². The summed E-state index contributed by atoms with van der Waals surface area (Å²) in [5.74, 6) is 0. The van der Waals surface area contributed by atoms with E-state index in [0.717, 1.165) is 63.5 Å². The Morgan fingerprint density at radius 1 is 1.10 bits per heavy atom. The molecule has 4 heterocycles. The molecule has 208 valence electrons. The first-order valence-electron chi connectivity index (χ1n) is 13.3. The highest BCUT2D eigenvalue weighted by Gasteiger charge is 2.42. The molecule has 9 nitrogen and oxygen atoms in total. The maximum atomic E-state index is 11.7. The summed E-state index contributed by atoms with van der Waals surface area (Å²) in [6.45, 7) is 9.98. The molecule has 11 heteroatoms. The van der Waals surface area contributed by atoms with Crippen LogP contribution in [0, 0.1) is 13.8 Å². The van der Waals surface area contributed by atoms with Gasteiger partial charge < -0.3 is 19.5 Å². The van der Waals surface area contributed by atoms with Crippen molar-refractivity contribution in [3.8, 4) is 0 Å². The second-order valence-corrected chi connectivity index (χ2v) is 12.3. The van der Waals surface area contributed by atoms with Crippen LogP contribution in [0.25, 0.3) is 0 Å². The normalized spacial score (nSPS) is 20.3. The molecule has 1 aromatic carbocycles. The monoisotopic (exact) mass is 568 g/mol. The van der Waals surface area contributed by atoms with Gasteiger partial charge in [0.1, 0.15) is 0 Å². The molecule has 0 radical (unpaired) electrons. The zero-order valence-corrected chi connectivity index (χ0v) is 24.3. The Bertz CT molecular complexity index is 1400. The molecule has 0 saturated carbocycles. The molecular formula is C28H36N6O3S2. The van der Waals surface area contributed by atoms with Crippen LogP contribution in [-0.4, -0.2) is 67.1 Å². The average molecular weight is 569 g/mol. The standard InChI is InChI=1S/C28H36N6O3S2/c1-20-19-24(21(2)33(20)14-6-13-32-15-17-37-18-16-32)27-26(25-7-4-5-12-29-25)30-28(38)34(27)23-10-8-22(9-11-23)31-39(3,35)36/h4-5,7-12,19,26-27,31H,6,13-18H2,1-3H3,(H,30,38). The van der Waals surface area contributed by atoms with Crippen LogP contribution in [0.5, 0.6) is 0 Å². The zero-order chi connectivity index (χ0) is 27.6. The van der Waals surface area contributed by atoms with Crippen molar-refractivity contribution >= 4 is 38.7 Å². The number of rotatable bonds is 9. The predicted octanol–water partition coefficient (Wildman–Crippen LogP) is 3.77. The number of benzene rings is 1. The SMILES string of the molecule is Cc1cc(C2C(c3ccccn3)NC(=S)N2c2ccc(NS(C)(=O)=O)cc2)c(C)n1CCCN1CCOCC1. The van der Waals surface area contributed by atoms with E-state index in [-0.39, 0.29) is 12.1 Å². The molecule has 2 aromatic heterocycles. The number of nitrogens with zero attached hydrogens (tertiary/aromatic N) is 4. The van der Waals surface area contributed by atoms with Crippen LogP contribution in [0.4, 0.5) is 11.4 Å². The number of aryl methyl sites for hydroxylation is 1. The quantitative estimate of drug-likeness (QED) is 0.377. The van der Waals surface area contributed by atoms with Crippen LogP contribution in [0.15, 0.2) is 54.7 Å². The Labute approximate surface area is 236 Å². The summed E-state index contributed by atoms with van der Waals surface area (Å²) in [5, 5.41) is 4.13. The van der Waals surface area contributed by atoms with E-state index in [1.807, 2.05) is 30.3 Å². The van der Waals surface area contributed by atoms with Crippen LogP contribution in [0.2, 0.25) is 0 Å². The molecule has 3 aromatic rings. The van der Waals surface area contributed by atoms with Gasteiger partial charge in [-0.2, -0.15) is 0 Å². The van der Waals surface area contributed by atoms with Gasteiger partial charge in [0.25, 0.3) is 0 Å². The van der Waals surface area contributed by atoms with Crippen molar-refractivity contribution in [3.05, 3.63) is 77.4 Å². The number of morpholine rings is 1. The second-order valence-electron chi connectivity index (χ2n) is 10.2. The van der Waals surface area contributed by atoms with E-state index < -0.39 is 10.0 Å². The molecule has 2 aliphatic heterocycles. The van der Waals surface area contributed by atoms with E-state index in [0.29, 0.717) is 10.8 Å². The Hall–Kier alpha value is -2.99. The molecule has 2 unspecified atom stereocenters. The maximum absolute atomic E-state index is 11.7. The second kappa shape index (κ2) is 11.6. The third kappa shape index (κ3) is 6.27. The van der Waals surface area contributed by atoms with Gasteiger partial charge in [-0.25, -0.2) is 8.42 Å². The summed E-state index contributed by atoms with van der Waals surface area (Å²) >= 11 is 5.88. The van der Waals surface area contributed by atoms with Crippen LogP contribution < -0.4 is 14.9 Å². The van der Waals surface area contributed by atoms with E-state index in [4.69, 9.17) is 17.0 Å². The van der Waals surface area contributed by atoms with Gasteiger partial charge in [-0.05, 0) is 80.5 Å². The number of hydrogen-bond acceptors (Lipinski definition) is 6. The fourth-order valence-corrected chi connectivity index (χ4v) is 6.51. The zero-order valence-electron chi connectivity index (χ0n) is 22.6. The van der Waals surface area contributed by atoms with Gasteiger partial charge >= 0.3 is 0 Å². The minimum Gasteiger partial charge on any atom is -0.379 e. The van der Waals surface area contributed by atoms with Crippen LogP contribution in [0.3, 0.4) is 0 Å². The number of sulfonamides is 1. The Balaban J connectivity index is 1.46.